The van der Waals surface area contributed by atoms with Crippen molar-refractivity contribution < 1.29 is 33.5 Å². The molecule has 216 valence electrons. The molecule has 2 aliphatic rings. The number of carbonyl (C=O) groups excluding carboxylic acids is 6. The highest BCUT2D eigenvalue weighted by atomic mass is 16.5. The summed E-state index contributed by atoms with van der Waals surface area (Å²) >= 11 is 0. The zero-order valence-electron chi connectivity index (χ0n) is 22.9. The van der Waals surface area contributed by atoms with Gasteiger partial charge < -0.3 is 19.4 Å². The van der Waals surface area contributed by atoms with Crippen molar-refractivity contribution in [2.45, 2.75) is 38.1 Å². The van der Waals surface area contributed by atoms with Gasteiger partial charge in [-0.2, -0.15) is 0 Å². The van der Waals surface area contributed by atoms with Gasteiger partial charge >= 0.3 is 0 Å². The molecule has 12 heteroatoms. The van der Waals surface area contributed by atoms with Crippen molar-refractivity contribution in [2.75, 3.05) is 44.7 Å². The highest BCUT2D eigenvalue weighted by Crippen LogP contribution is 2.21. The maximum absolute atomic E-state index is 13.0. The van der Waals surface area contributed by atoms with Crippen molar-refractivity contribution in [3.8, 4) is 5.75 Å². The van der Waals surface area contributed by atoms with Crippen LogP contribution in [0.1, 0.15) is 63.2 Å². The molecule has 0 radical (unpaired) electrons. The molecule has 2 aliphatic heterocycles. The Bertz CT molecular complexity index is 1310. The van der Waals surface area contributed by atoms with Gasteiger partial charge in [0.25, 0.3) is 5.91 Å². The number of benzene rings is 1. The Hall–Kier alpha value is -4.61. The van der Waals surface area contributed by atoms with Crippen molar-refractivity contribution in [3.63, 3.8) is 0 Å². The summed E-state index contributed by atoms with van der Waals surface area (Å²) in [4.78, 5) is 80.9. The second-order valence-electron chi connectivity index (χ2n) is 10.0. The van der Waals surface area contributed by atoms with E-state index in [0.717, 1.165) is 25.5 Å². The van der Waals surface area contributed by atoms with Gasteiger partial charge in [0.2, 0.25) is 17.7 Å². The molecule has 2 aromatic rings. The number of hydrogen-bond acceptors (Lipinski definition) is 9. The number of pyridine rings is 1. The molecule has 4 rings (SSSR count). The van der Waals surface area contributed by atoms with Crippen molar-refractivity contribution in [1.29, 1.82) is 0 Å². The Morgan fingerprint density at radius 3 is 2.61 bits per heavy atom. The van der Waals surface area contributed by atoms with E-state index < -0.39 is 17.9 Å². The van der Waals surface area contributed by atoms with Gasteiger partial charge in [-0.3, -0.25) is 34.1 Å². The third kappa shape index (κ3) is 7.33. The first-order valence-corrected chi connectivity index (χ1v) is 13.6. The lowest BCUT2D eigenvalue weighted by atomic mass is 10.0. The number of hydrogen-bond donors (Lipinski definition) is 1. The first-order chi connectivity index (χ1) is 19.8. The van der Waals surface area contributed by atoms with Crippen LogP contribution in [-0.2, 0) is 14.4 Å². The van der Waals surface area contributed by atoms with Crippen LogP contribution < -0.4 is 15.0 Å². The van der Waals surface area contributed by atoms with Crippen LogP contribution in [0.3, 0.4) is 0 Å². The molecule has 1 unspecified atom stereocenters. The molecule has 2 fully saturated rings. The standard InChI is InChI=1S/C29H33N5O7/c1-32(24-8-10-26(37)31-28(24)39)29(40)23-7-6-22(15-21(23)19-36)41-14-4-2-3-11-33-12-13-34(17-27(33)38)25-9-5-20(18-35)16-30-25/h5-7,9,15-16,18-19,24H,2-4,8,10-14,17H2,1H3,(H,31,37,39). The molecule has 0 spiro atoms. The van der Waals surface area contributed by atoms with E-state index in [-0.39, 0.29) is 42.3 Å². The number of likely N-dealkylation sites (N-methyl/N-ethyl adjacent to an activating group) is 1. The number of unbranched alkanes of at least 4 members (excludes halogenated alkanes) is 2. The number of amides is 4. The van der Waals surface area contributed by atoms with Crippen molar-refractivity contribution in [3.05, 3.63) is 53.2 Å². The van der Waals surface area contributed by atoms with Gasteiger partial charge in [-0.25, -0.2) is 4.98 Å². The summed E-state index contributed by atoms with van der Waals surface area (Å²) < 4.78 is 5.78. The number of nitrogens with one attached hydrogen (secondary N) is 1. The van der Waals surface area contributed by atoms with E-state index in [1.54, 1.807) is 18.2 Å². The Morgan fingerprint density at radius 1 is 1.10 bits per heavy atom. The van der Waals surface area contributed by atoms with Gasteiger partial charge in [-0.05, 0) is 56.0 Å². The fraction of sp³-hybridized carbons (Fsp3) is 0.414. The topological polar surface area (TPSA) is 146 Å². The Labute approximate surface area is 237 Å². The Balaban J connectivity index is 1.18. The number of piperazine rings is 1. The largest absolute Gasteiger partial charge is 0.494 e. The first kappa shape index (κ1) is 29.4. The van der Waals surface area contributed by atoms with Gasteiger partial charge in [0, 0.05) is 50.4 Å². The fourth-order valence-electron chi connectivity index (χ4n) is 4.87. The van der Waals surface area contributed by atoms with E-state index in [4.69, 9.17) is 4.74 Å². The van der Waals surface area contributed by atoms with Gasteiger partial charge in [0.05, 0.1) is 18.7 Å². The molecule has 41 heavy (non-hydrogen) atoms. The number of ether oxygens (including phenoxy) is 1. The number of aldehydes is 2. The predicted molar refractivity (Wildman–Crippen MR) is 148 cm³/mol. The van der Waals surface area contributed by atoms with Crippen LogP contribution >= 0.6 is 0 Å². The summed E-state index contributed by atoms with van der Waals surface area (Å²) in [7, 11) is 1.47. The molecule has 1 N–H and O–H groups in total. The maximum Gasteiger partial charge on any atom is 0.255 e. The summed E-state index contributed by atoms with van der Waals surface area (Å²) in [6.07, 6.45) is 5.59. The van der Waals surface area contributed by atoms with Gasteiger partial charge in [-0.1, -0.05) is 0 Å². The third-order valence-corrected chi connectivity index (χ3v) is 7.27. The zero-order valence-corrected chi connectivity index (χ0v) is 22.9. The summed E-state index contributed by atoms with van der Waals surface area (Å²) in [6, 6.07) is 7.26. The highest BCUT2D eigenvalue weighted by molar-refractivity contribution is 6.06. The van der Waals surface area contributed by atoms with E-state index in [0.29, 0.717) is 49.7 Å². The van der Waals surface area contributed by atoms with Crippen molar-refractivity contribution in [2.24, 2.45) is 0 Å². The number of piperidine rings is 1. The molecule has 1 aromatic heterocycles. The number of anilines is 1. The SMILES string of the molecule is CN(C(=O)c1ccc(OCCCCCN2CCN(c3ccc(C=O)cn3)CC2=O)cc1C=O)C1CCC(=O)NC1=O. The monoisotopic (exact) mass is 563 g/mol. The summed E-state index contributed by atoms with van der Waals surface area (Å²) in [6.45, 7) is 2.58. The highest BCUT2D eigenvalue weighted by Gasteiger charge is 2.33. The molecule has 0 aliphatic carbocycles. The molecule has 12 nitrogen and oxygen atoms in total. The lowest BCUT2D eigenvalue weighted by molar-refractivity contribution is -0.136. The molecule has 4 amide bonds. The molecule has 0 saturated carbocycles. The lowest BCUT2D eigenvalue weighted by Gasteiger charge is -2.35. The molecule has 1 atom stereocenters. The van der Waals surface area contributed by atoms with Crippen LogP contribution in [-0.4, -0.2) is 96.9 Å². The first-order valence-electron chi connectivity index (χ1n) is 13.6. The average molecular weight is 564 g/mol. The second-order valence-corrected chi connectivity index (χ2v) is 10.0. The van der Waals surface area contributed by atoms with Crippen LogP contribution in [0.25, 0.3) is 0 Å². The maximum atomic E-state index is 13.0. The minimum atomic E-state index is -0.784. The summed E-state index contributed by atoms with van der Waals surface area (Å²) in [5.41, 5.74) is 0.797. The molecule has 0 bridgehead atoms. The minimum absolute atomic E-state index is 0.0352. The van der Waals surface area contributed by atoms with Crippen LogP contribution in [0, 0.1) is 0 Å². The minimum Gasteiger partial charge on any atom is -0.494 e. The number of imide groups is 1. The lowest BCUT2D eigenvalue weighted by Crippen LogP contribution is -2.53. The van der Waals surface area contributed by atoms with E-state index in [1.165, 1.54) is 30.3 Å². The molecular formula is C29H33N5O7. The van der Waals surface area contributed by atoms with E-state index in [2.05, 4.69) is 10.3 Å². The fourth-order valence-corrected chi connectivity index (χ4v) is 4.87. The van der Waals surface area contributed by atoms with E-state index >= 15 is 0 Å². The number of aromatic nitrogens is 1. The number of rotatable bonds is 12. The quantitative estimate of drug-likeness (QED) is 0.230. The smallest absolute Gasteiger partial charge is 0.255 e. The summed E-state index contributed by atoms with van der Waals surface area (Å²) in [5, 5.41) is 2.23. The van der Waals surface area contributed by atoms with Crippen LogP contribution in [0.5, 0.6) is 5.75 Å². The van der Waals surface area contributed by atoms with Crippen molar-refractivity contribution in [1.82, 2.24) is 20.1 Å². The van der Waals surface area contributed by atoms with Crippen LogP contribution in [0.15, 0.2) is 36.5 Å². The Morgan fingerprint density at radius 2 is 1.93 bits per heavy atom. The third-order valence-electron chi connectivity index (χ3n) is 7.27. The van der Waals surface area contributed by atoms with Gasteiger partial charge in [0.1, 0.15) is 17.6 Å². The van der Waals surface area contributed by atoms with Crippen LogP contribution in [0.2, 0.25) is 0 Å². The van der Waals surface area contributed by atoms with Crippen LogP contribution in [0.4, 0.5) is 5.82 Å². The Kier molecular flexibility index (Phi) is 9.77. The van der Waals surface area contributed by atoms with E-state index in [9.17, 15) is 28.8 Å². The molecular weight excluding hydrogens is 530 g/mol. The summed E-state index contributed by atoms with van der Waals surface area (Å²) in [5.74, 6) is -0.225. The second kappa shape index (κ2) is 13.6. The van der Waals surface area contributed by atoms with E-state index in [1.807, 2.05) is 9.80 Å². The molecule has 1 aromatic carbocycles. The van der Waals surface area contributed by atoms with Gasteiger partial charge in [-0.15, -0.1) is 0 Å². The normalized spacial score (nSPS) is 17.2. The van der Waals surface area contributed by atoms with Gasteiger partial charge in [0.15, 0.2) is 12.6 Å². The average Bonchev–Trinajstić information content (AvgIpc) is 2.98. The van der Waals surface area contributed by atoms with Crippen molar-refractivity contribution >= 4 is 42.0 Å². The predicted octanol–water partition coefficient (Wildman–Crippen LogP) is 1.48. The molecule has 3 heterocycles. The number of carbonyl (C=O) groups is 6. The zero-order chi connectivity index (χ0) is 29.4. The molecule has 2 saturated heterocycles. The number of nitrogens with zero attached hydrogens (tertiary/aromatic N) is 4.